The minimum absolute atomic E-state index is 0.147. The normalized spacial score (nSPS) is 12.4. The van der Waals surface area contributed by atoms with E-state index in [0.717, 1.165) is 55.4 Å². The Labute approximate surface area is 273 Å². The number of unbranched alkanes of at least 4 members (excludes halogenated alkanes) is 12. The molecule has 0 unspecified atom stereocenters. The number of nitrogens with one attached hydrogen (secondary N) is 1. The van der Waals surface area contributed by atoms with Gasteiger partial charge in [0.05, 0.1) is 6.16 Å². The second kappa shape index (κ2) is 23.9. The molecule has 0 bridgehead atoms. The molecule has 2 aromatic rings. The Balaban J connectivity index is 1.67. The molecule has 252 valence electrons. The molecule has 45 heavy (non-hydrogen) atoms. The van der Waals surface area contributed by atoms with Gasteiger partial charge in [-0.3, -0.25) is 9.36 Å². The number of amides is 1. The third-order valence-corrected chi connectivity index (χ3v) is 9.06. The molecule has 0 aliphatic carbocycles. The molecule has 6 nitrogen and oxygen atoms in total. The SMILES string of the molecule is CCCCCCC/C=C\CCCCCCCC(=O)N[C@H](Cc1ccc(OCc2ccc(CCCCC)cc2)cc1)CP(=O)(O)O. The molecule has 2 aromatic carbocycles. The Kier molecular flexibility index (Phi) is 20.6. The van der Waals surface area contributed by atoms with Gasteiger partial charge in [-0.15, -0.1) is 0 Å². The van der Waals surface area contributed by atoms with Crippen molar-refractivity contribution in [2.24, 2.45) is 0 Å². The summed E-state index contributed by atoms with van der Waals surface area (Å²) in [5.41, 5.74) is 3.35. The van der Waals surface area contributed by atoms with Gasteiger partial charge in [-0.2, -0.15) is 0 Å². The number of carbonyl (C=O) groups is 1. The van der Waals surface area contributed by atoms with Gasteiger partial charge in [0.1, 0.15) is 12.4 Å². The zero-order chi connectivity index (χ0) is 32.6. The van der Waals surface area contributed by atoms with E-state index in [1.165, 1.54) is 69.8 Å². The van der Waals surface area contributed by atoms with E-state index in [1.54, 1.807) is 0 Å². The quantitative estimate of drug-likeness (QED) is 0.0540. The van der Waals surface area contributed by atoms with Crippen molar-refractivity contribution in [2.45, 2.75) is 142 Å². The van der Waals surface area contributed by atoms with Gasteiger partial charge < -0.3 is 19.8 Å². The maximum Gasteiger partial charge on any atom is 0.327 e. The number of ether oxygens (including phenoxy) is 1. The second-order valence-electron chi connectivity index (χ2n) is 12.5. The van der Waals surface area contributed by atoms with Gasteiger partial charge in [-0.1, -0.05) is 120 Å². The number of allylic oxidation sites excluding steroid dienone is 2. The summed E-state index contributed by atoms with van der Waals surface area (Å²) >= 11 is 0. The Bertz CT molecular complexity index is 1110. The molecule has 0 saturated heterocycles. The largest absolute Gasteiger partial charge is 0.489 e. The van der Waals surface area contributed by atoms with E-state index in [4.69, 9.17) is 4.74 Å². The van der Waals surface area contributed by atoms with Crippen LogP contribution in [0.2, 0.25) is 0 Å². The van der Waals surface area contributed by atoms with Crippen LogP contribution in [0.4, 0.5) is 0 Å². The first-order valence-corrected chi connectivity index (χ1v) is 19.4. The fraction of sp³-hybridized carbons (Fsp3) is 0.605. The van der Waals surface area contributed by atoms with Crippen LogP contribution in [-0.4, -0.2) is 27.9 Å². The molecule has 0 heterocycles. The van der Waals surface area contributed by atoms with Crippen molar-refractivity contribution in [1.82, 2.24) is 5.32 Å². The maximum atomic E-state index is 12.6. The fourth-order valence-corrected chi connectivity index (χ4v) is 6.28. The van der Waals surface area contributed by atoms with E-state index < -0.39 is 13.6 Å². The highest BCUT2D eigenvalue weighted by molar-refractivity contribution is 7.51. The first-order chi connectivity index (χ1) is 21.8. The standard InChI is InChI=1S/C38H60NO5P/c1-3-5-7-8-9-10-11-12-13-14-15-16-17-19-21-38(40)39-36(32-45(41,42)43)30-34-26-28-37(29-27-34)44-31-35-24-22-33(23-25-35)20-18-6-4-2/h11-12,22-29,36H,3-10,13-21,30-32H2,1-2H3,(H,39,40)(H2,41,42,43)/b12-11-/t36-/m1/s1. The van der Waals surface area contributed by atoms with E-state index in [2.05, 4.69) is 55.6 Å². The number of rotatable bonds is 26. The van der Waals surface area contributed by atoms with Crippen LogP contribution < -0.4 is 10.1 Å². The lowest BCUT2D eigenvalue weighted by molar-refractivity contribution is -0.121. The van der Waals surface area contributed by atoms with Crippen LogP contribution >= 0.6 is 7.60 Å². The molecule has 3 N–H and O–H groups in total. The Morgan fingerprint density at radius 3 is 1.89 bits per heavy atom. The van der Waals surface area contributed by atoms with Gasteiger partial charge in [0.15, 0.2) is 0 Å². The van der Waals surface area contributed by atoms with Crippen molar-refractivity contribution in [2.75, 3.05) is 6.16 Å². The highest BCUT2D eigenvalue weighted by Crippen LogP contribution is 2.35. The van der Waals surface area contributed by atoms with E-state index in [9.17, 15) is 19.1 Å². The number of carbonyl (C=O) groups excluding carboxylic acids is 1. The van der Waals surface area contributed by atoms with Crippen LogP contribution in [0.3, 0.4) is 0 Å². The third-order valence-electron chi connectivity index (χ3n) is 8.14. The van der Waals surface area contributed by atoms with Crippen molar-refractivity contribution in [3.05, 3.63) is 77.4 Å². The predicted molar refractivity (Wildman–Crippen MR) is 188 cm³/mol. The van der Waals surface area contributed by atoms with Crippen molar-refractivity contribution in [3.63, 3.8) is 0 Å². The number of aryl methyl sites for hydroxylation is 1. The van der Waals surface area contributed by atoms with Crippen molar-refractivity contribution < 1.29 is 23.9 Å². The molecule has 0 spiro atoms. The topological polar surface area (TPSA) is 95.9 Å². The first kappa shape index (κ1) is 38.8. The molecule has 0 saturated carbocycles. The summed E-state index contributed by atoms with van der Waals surface area (Å²) in [5, 5.41) is 2.88. The smallest absolute Gasteiger partial charge is 0.327 e. The van der Waals surface area contributed by atoms with E-state index in [1.807, 2.05) is 24.3 Å². The van der Waals surface area contributed by atoms with Gasteiger partial charge in [0.2, 0.25) is 5.91 Å². The molecular weight excluding hydrogens is 581 g/mol. The maximum absolute atomic E-state index is 12.6. The summed E-state index contributed by atoms with van der Waals surface area (Å²) in [5.74, 6) is 0.585. The van der Waals surface area contributed by atoms with Crippen molar-refractivity contribution >= 4 is 13.5 Å². The molecule has 2 rings (SSSR count). The van der Waals surface area contributed by atoms with Gasteiger partial charge >= 0.3 is 7.60 Å². The number of benzene rings is 2. The molecule has 0 aliphatic rings. The predicted octanol–water partition coefficient (Wildman–Crippen LogP) is 9.85. The van der Waals surface area contributed by atoms with Crippen molar-refractivity contribution in [3.8, 4) is 5.75 Å². The molecule has 0 aromatic heterocycles. The monoisotopic (exact) mass is 641 g/mol. The summed E-state index contributed by atoms with van der Waals surface area (Å²) in [6.07, 6.45) is 23.9. The molecule has 0 aliphatic heterocycles. The highest BCUT2D eigenvalue weighted by atomic mass is 31.2. The minimum Gasteiger partial charge on any atom is -0.489 e. The average Bonchev–Trinajstić information content (AvgIpc) is 3.01. The van der Waals surface area contributed by atoms with Gasteiger partial charge in [-0.25, -0.2) is 0 Å². The van der Waals surface area contributed by atoms with E-state index in [-0.39, 0.29) is 12.1 Å². The highest BCUT2D eigenvalue weighted by Gasteiger charge is 2.23. The van der Waals surface area contributed by atoms with Crippen LogP contribution in [0.15, 0.2) is 60.7 Å². The van der Waals surface area contributed by atoms with Crippen molar-refractivity contribution in [1.29, 1.82) is 0 Å². The molecule has 0 fully saturated rings. The lowest BCUT2D eigenvalue weighted by Crippen LogP contribution is -2.39. The fourth-order valence-electron chi connectivity index (χ4n) is 5.48. The minimum atomic E-state index is -4.29. The van der Waals surface area contributed by atoms with Crippen LogP contribution in [0.25, 0.3) is 0 Å². The van der Waals surface area contributed by atoms with Crippen LogP contribution in [-0.2, 0) is 28.8 Å². The summed E-state index contributed by atoms with van der Waals surface area (Å²) in [6.45, 7) is 4.93. The van der Waals surface area contributed by atoms with Crippen LogP contribution in [0.5, 0.6) is 5.75 Å². The Morgan fingerprint density at radius 2 is 1.27 bits per heavy atom. The van der Waals surface area contributed by atoms with Gasteiger partial charge in [-0.05, 0) is 80.2 Å². The Hall–Kier alpha value is -2.40. The van der Waals surface area contributed by atoms with Gasteiger partial charge in [0, 0.05) is 12.5 Å². The number of hydrogen-bond acceptors (Lipinski definition) is 3. The summed E-state index contributed by atoms with van der Waals surface area (Å²) in [4.78, 5) is 31.8. The summed E-state index contributed by atoms with van der Waals surface area (Å²) in [7, 11) is -4.29. The first-order valence-electron chi connectivity index (χ1n) is 17.6. The van der Waals surface area contributed by atoms with E-state index in [0.29, 0.717) is 19.4 Å². The third kappa shape index (κ3) is 20.4. The second-order valence-corrected chi connectivity index (χ2v) is 14.2. The lowest BCUT2D eigenvalue weighted by atomic mass is 10.1. The molecular formula is C38H60NO5P. The van der Waals surface area contributed by atoms with Crippen LogP contribution in [0.1, 0.15) is 133 Å². The molecule has 1 atom stereocenters. The van der Waals surface area contributed by atoms with Gasteiger partial charge in [0.25, 0.3) is 0 Å². The molecule has 0 radical (unpaired) electrons. The molecule has 1 amide bonds. The zero-order valence-corrected chi connectivity index (χ0v) is 29.0. The summed E-state index contributed by atoms with van der Waals surface area (Å²) < 4.78 is 17.7. The Morgan fingerprint density at radius 1 is 0.733 bits per heavy atom. The van der Waals surface area contributed by atoms with Crippen LogP contribution in [0, 0.1) is 0 Å². The number of hydrogen-bond donors (Lipinski definition) is 3. The average molecular weight is 642 g/mol. The zero-order valence-electron chi connectivity index (χ0n) is 28.1. The lowest BCUT2D eigenvalue weighted by Gasteiger charge is -2.20. The van der Waals surface area contributed by atoms with E-state index >= 15 is 0 Å². The molecule has 7 heteroatoms. The summed E-state index contributed by atoms with van der Waals surface area (Å²) in [6, 6.07) is 15.5.